The Balaban J connectivity index is 0.00000288. The zero-order valence-electron chi connectivity index (χ0n) is 14.0. The minimum absolute atomic E-state index is 0. The van der Waals surface area contributed by atoms with E-state index in [2.05, 4.69) is 15.5 Å². The Morgan fingerprint density at radius 3 is 2.83 bits per heavy atom. The third-order valence-electron chi connectivity index (χ3n) is 3.34. The quantitative estimate of drug-likeness (QED) is 0.791. The highest BCUT2D eigenvalue weighted by atomic mass is 35.5. The molecule has 0 fully saturated rings. The van der Waals surface area contributed by atoms with Gasteiger partial charge in [-0.3, -0.25) is 4.79 Å². The van der Waals surface area contributed by atoms with Crippen LogP contribution in [0.3, 0.4) is 0 Å². The average molecular weight is 355 g/mol. The Morgan fingerprint density at radius 2 is 2.17 bits per heavy atom. The molecular weight excluding hydrogens is 332 g/mol. The van der Waals surface area contributed by atoms with Gasteiger partial charge in [0.1, 0.15) is 11.8 Å². The molecule has 2 unspecified atom stereocenters. The molecule has 0 aliphatic heterocycles. The number of aromatic nitrogens is 2. The van der Waals surface area contributed by atoms with Gasteiger partial charge in [-0.25, -0.2) is 0 Å². The molecule has 0 saturated heterocycles. The number of hydrogen-bond donors (Lipinski definition) is 2. The minimum atomic E-state index is -0.359. The normalized spacial score (nSPS) is 12.8. The molecule has 8 heteroatoms. The summed E-state index contributed by atoms with van der Waals surface area (Å²) in [5, 5.41) is 6.77. The van der Waals surface area contributed by atoms with Crippen molar-refractivity contribution in [3.05, 3.63) is 30.2 Å². The lowest BCUT2D eigenvalue weighted by Gasteiger charge is -2.10. The molecule has 0 bridgehead atoms. The maximum atomic E-state index is 11.8. The van der Waals surface area contributed by atoms with Crippen LogP contribution in [-0.2, 0) is 4.79 Å². The second-order valence-corrected chi connectivity index (χ2v) is 5.49. The summed E-state index contributed by atoms with van der Waals surface area (Å²) in [6.45, 7) is 3.67. The standard InChI is InChI=1S/C16H22N4O3.ClH/c1-10(17)7-8-14(21)18-11(2)16-19-15(20-23-16)12-5-4-6-13(9-12)22-3;/h4-6,9-11H,7-8,17H2,1-3H3,(H,18,21);1H. The maximum Gasteiger partial charge on any atom is 0.249 e. The first-order chi connectivity index (χ1) is 11.0. The van der Waals surface area contributed by atoms with Crippen molar-refractivity contribution in [3.63, 3.8) is 0 Å². The van der Waals surface area contributed by atoms with Crippen LogP contribution in [0, 0.1) is 0 Å². The number of rotatable bonds is 7. The number of nitrogens with zero attached hydrogens (tertiary/aromatic N) is 2. The fourth-order valence-corrected chi connectivity index (χ4v) is 2.02. The largest absolute Gasteiger partial charge is 0.497 e. The van der Waals surface area contributed by atoms with Gasteiger partial charge in [0.15, 0.2) is 0 Å². The van der Waals surface area contributed by atoms with Gasteiger partial charge in [-0.2, -0.15) is 4.98 Å². The van der Waals surface area contributed by atoms with Crippen molar-refractivity contribution in [2.24, 2.45) is 5.73 Å². The topological polar surface area (TPSA) is 103 Å². The molecule has 1 amide bonds. The molecule has 0 aliphatic rings. The molecule has 2 aromatic rings. The van der Waals surface area contributed by atoms with E-state index in [4.69, 9.17) is 15.0 Å². The van der Waals surface area contributed by atoms with Gasteiger partial charge in [0.2, 0.25) is 17.6 Å². The second-order valence-electron chi connectivity index (χ2n) is 5.49. The SMILES string of the molecule is COc1cccc(-c2noc(C(C)NC(=O)CCC(C)N)n2)c1.Cl. The van der Waals surface area contributed by atoms with Gasteiger partial charge in [0, 0.05) is 18.0 Å². The van der Waals surface area contributed by atoms with Crippen LogP contribution in [0.5, 0.6) is 5.75 Å². The van der Waals surface area contributed by atoms with Crippen molar-refractivity contribution >= 4 is 18.3 Å². The number of halogens is 1. The van der Waals surface area contributed by atoms with Crippen LogP contribution in [0.1, 0.15) is 38.6 Å². The van der Waals surface area contributed by atoms with Gasteiger partial charge in [-0.1, -0.05) is 17.3 Å². The number of methoxy groups -OCH3 is 1. The van der Waals surface area contributed by atoms with E-state index in [-0.39, 0.29) is 30.4 Å². The summed E-state index contributed by atoms with van der Waals surface area (Å²) in [5.41, 5.74) is 6.43. The summed E-state index contributed by atoms with van der Waals surface area (Å²) in [4.78, 5) is 16.1. The summed E-state index contributed by atoms with van der Waals surface area (Å²) in [6, 6.07) is 7.01. The number of carbonyl (C=O) groups is 1. The number of carbonyl (C=O) groups excluding carboxylic acids is 1. The Morgan fingerprint density at radius 1 is 1.42 bits per heavy atom. The Bertz CT molecular complexity index is 660. The first kappa shape index (κ1) is 19.9. The van der Waals surface area contributed by atoms with Gasteiger partial charge in [-0.15, -0.1) is 12.4 Å². The lowest BCUT2D eigenvalue weighted by atomic mass is 10.2. The molecule has 132 valence electrons. The molecule has 0 aliphatic carbocycles. The highest BCUT2D eigenvalue weighted by Crippen LogP contribution is 2.22. The number of nitrogens with one attached hydrogen (secondary N) is 1. The molecule has 0 spiro atoms. The van der Waals surface area contributed by atoms with Crippen LogP contribution < -0.4 is 15.8 Å². The third-order valence-corrected chi connectivity index (χ3v) is 3.34. The number of benzene rings is 1. The molecule has 0 saturated carbocycles. The van der Waals surface area contributed by atoms with Gasteiger partial charge in [0.05, 0.1) is 7.11 Å². The number of hydrogen-bond acceptors (Lipinski definition) is 6. The summed E-state index contributed by atoms with van der Waals surface area (Å²) < 4.78 is 10.4. The highest BCUT2D eigenvalue weighted by Gasteiger charge is 2.17. The predicted molar refractivity (Wildman–Crippen MR) is 93.0 cm³/mol. The van der Waals surface area contributed by atoms with Crippen LogP contribution in [0.2, 0.25) is 0 Å². The summed E-state index contributed by atoms with van der Waals surface area (Å²) in [7, 11) is 1.60. The van der Waals surface area contributed by atoms with E-state index in [1.54, 1.807) is 14.0 Å². The van der Waals surface area contributed by atoms with E-state index in [9.17, 15) is 4.79 Å². The van der Waals surface area contributed by atoms with Crippen LogP contribution in [0.15, 0.2) is 28.8 Å². The first-order valence-corrected chi connectivity index (χ1v) is 7.52. The lowest BCUT2D eigenvalue weighted by Crippen LogP contribution is -2.28. The number of ether oxygens (including phenoxy) is 1. The van der Waals surface area contributed by atoms with E-state index in [1.165, 1.54) is 0 Å². The minimum Gasteiger partial charge on any atom is -0.497 e. The van der Waals surface area contributed by atoms with E-state index < -0.39 is 0 Å². The van der Waals surface area contributed by atoms with Crippen molar-refractivity contribution in [1.82, 2.24) is 15.5 Å². The smallest absolute Gasteiger partial charge is 0.249 e. The Kier molecular flexibility index (Phi) is 7.67. The molecule has 2 rings (SSSR count). The first-order valence-electron chi connectivity index (χ1n) is 7.52. The average Bonchev–Trinajstić information content (AvgIpc) is 3.03. The molecule has 24 heavy (non-hydrogen) atoms. The van der Waals surface area contributed by atoms with Crippen molar-refractivity contribution in [2.45, 2.75) is 38.8 Å². The predicted octanol–water partition coefficient (Wildman–Crippen LogP) is 2.47. The van der Waals surface area contributed by atoms with Gasteiger partial charge < -0.3 is 20.3 Å². The van der Waals surface area contributed by atoms with Gasteiger partial charge in [-0.05, 0) is 32.4 Å². The maximum absolute atomic E-state index is 11.8. The summed E-state index contributed by atoms with van der Waals surface area (Å²) >= 11 is 0. The van der Waals surface area contributed by atoms with Crippen molar-refractivity contribution in [1.29, 1.82) is 0 Å². The number of amides is 1. The van der Waals surface area contributed by atoms with Gasteiger partial charge in [0.25, 0.3) is 0 Å². The Hall–Kier alpha value is -2.12. The molecular formula is C16H23ClN4O3. The molecule has 1 aromatic carbocycles. The van der Waals surface area contributed by atoms with Crippen LogP contribution in [0.4, 0.5) is 0 Å². The van der Waals surface area contributed by atoms with Crippen molar-refractivity contribution < 1.29 is 14.1 Å². The molecule has 0 radical (unpaired) electrons. The molecule has 1 heterocycles. The zero-order valence-corrected chi connectivity index (χ0v) is 14.8. The number of nitrogens with two attached hydrogens (primary N) is 1. The third kappa shape index (κ3) is 5.50. The highest BCUT2D eigenvalue weighted by molar-refractivity contribution is 5.85. The van der Waals surface area contributed by atoms with E-state index in [0.717, 1.165) is 5.56 Å². The van der Waals surface area contributed by atoms with Crippen LogP contribution in [0.25, 0.3) is 11.4 Å². The summed E-state index contributed by atoms with van der Waals surface area (Å²) in [5.74, 6) is 1.44. The monoisotopic (exact) mass is 354 g/mol. The van der Waals surface area contributed by atoms with Crippen LogP contribution >= 0.6 is 12.4 Å². The van der Waals surface area contributed by atoms with E-state index in [0.29, 0.717) is 30.3 Å². The Labute approximate surface area is 147 Å². The molecule has 1 aromatic heterocycles. The fraction of sp³-hybridized carbons (Fsp3) is 0.438. The zero-order chi connectivity index (χ0) is 16.8. The van der Waals surface area contributed by atoms with Crippen molar-refractivity contribution in [2.75, 3.05) is 7.11 Å². The second kappa shape index (κ2) is 9.24. The lowest BCUT2D eigenvalue weighted by molar-refractivity contribution is -0.122. The molecule has 3 N–H and O–H groups in total. The molecule has 2 atom stereocenters. The molecule has 7 nitrogen and oxygen atoms in total. The van der Waals surface area contributed by atoms with Gasteiger partial charge >= 0.3 is 0 Å². The van der Waals surface area contributed by atoms with Crippen LogP contribution in [-0.4, -0.2) is 29.2 Å². The van der Waals surface area contributed by atoms with Crippen molar-refractivity contribution in [3.8, 4) is 17.1 Å². The van der Waals surface area contributed by atoms with E-state index in [1.807, 2.05) is 31.2 Å². The summed E-state index contributed by atoms with van der Waals surface area (Å²) in [6.07, 6.45) is 1.01. The van der Waals surface area contributed by atoms with E-state index >= 15 is 0 Å². The fourth-order valence-electron chi connectivity index (χ4n) is 2.02.